The number of carbonyl (C=O) groups excluding carboxylic acids is 8. The fourth-order valence-electron chi connectivity index (χ4n) is 11.0. The smallest absolute Gasteiger partial charge is 0.311 e. The molecule has 0 fully saturated rings. The topological polar surface area (TPSA) is 368 Å². The summed E-state index contributed by atoms with van der Waals surface area (Å²) in [5.41, 5.74) is -6.14. The highest BCUT2D eigenvalue weighted by Crippen LogP contribution is 2.43. The summed E-state index contributed by atoms with van der Waals surface area (Å²) in [5.74, 6) is 0.272. The number of pyridine rings is 4. The van der Waals surface area contributed by atoms with Crippen molar-refractivity contribution in [2.75, 3.05) is 157 Å². The molecule has 0 aliphatic rings. The number of carbonyl (C=O) groups is 8. The van der Waals surface area contributed by atoms with Crippen LogP contribution < -0.4 is 9.13 Å². The minimum Gasteiger partial charge on any atom is -0.464 e. The van der Waals surface area contributed by atoms with Crippen molar-refractivity contribution >= 4 is 154 Å². The first-order valence-electron chi connectivity index (χ1n) is 40.7. The van der Waals surface area contributed by atoms with Gasteiger partial charge < -0.3 is 56.8 Å². The molecule has 0 spiro atoms. The average molecular weight is 1970 g/mol. The lowest BCUT2D eigenvalue weighted by Gasteiger charge is -2.33. The summed E-state index contributed by atoms with van der Waals surface area (Å²) in [6, 6.07) is 23.5. The Kier molecular flexibility index (Phi) is 63.8. The Labute approximate surface area is 782 Å². The van der Waals surface area contributed by atoms with Gasteiger partial charge in [-0.2, -0.15) is 26.0 Å². The largest absolute Gasteiger partial charge is 0.464 e. The van der Waals surface area contributed by atoms with Crippen LogP contribution in [0.3, 0.4) is 0 Å². The van der Waals surface area contributed by atoms with E-state index < -0.39 is 63.6 Å². The van der Waals surface area contributed by atoms with Crippen molar-refractivity contribution in [3.05, 3.63) is 97.6 Å². The quantitative estimate of drug-likeness (QED) is 0.00989. The fraction of sp³-hybridized carbons (Fsp3) is 0.674. The lowest BCUT2D eigenvalue weighted by Crippen LogP contribution is -2.39. The van der Waals surface area contributed by atoms with E-state index in [-0.39, 0.29) is 74.2 Å². The molecule has 0 N–H and O–H groups in total. The van der Waals surface area contributed by atoms with Gasteiger partial charge in [-0.25, -0.2) is 9.97 Å². The molecule has 40 heteroatoms. The molecule has 30 nitrogen and oxygen atoms in total. The van der Waals surface area contributed by atoms with Crippen molar-refractivity contribution in [3.63, 3.8) is 0 Å². The third kappa shape index (κ3) is 54.0. The summed E-state index contributed by atoms with van der Waals surface area (Å²) in [5, 5.41) is 4.11. The number of hydrogen-bond donors (Lipinski definition) is 0. The monoisotopic (exact) mass is 1970 g/mol. The SMILES string of the molecule is CCC(C)(CC(C)(C)C(=O)OCCOC)C(=O)OCCSSc1cccc[n+]1C.CCC(C)(CC(C)(C)C(=O)OCCOC)C(=O)OCCSSc1cccc[n+]1C.CCC(C)(CC(C)(C)C(=O)OCCOC)C(=O)OCCSSc1ccccn1.CCC(C)(CC(C)(C)C(=O)OCCOC)C(=O)OCCSSc1ccccn1.COS(C)(=O)=O.COS(C)(=O)=O. The Morgan fingerprint density at radius 1 is 0.317 bits per heavy atom. The van der Waals surface area contributed by atoms with Crippen LogP contribution in [0.15, 0.2) is 118 Å². The lowest BCUT2D eigenvalue weighted by atomic mass is 9.72. The Morgan fingerprint density at radius 3 is 0.722 bits per heavy atom. The second-order valence-corrected chi connectivity index (χ2v) is 45.2. The molecule has 4 aromatic rings. The first-order chi connectivity index (χ1) is 58.9. The molecule has 4 rings (SSSR count). The molecule has 0 aromatic carbocycles. The molecule has 4 unspecified atom stereocenters. The van der Waals surface area contributed by atoms with E-state index >= 15 is 0 Å². The van der Waals surface area contributed by atoms with Crippen molar-refractivity contribution < 1.29 is 130 Å². The number of aryl methyl sites for hydroxylation is 2. The molecule has 0 radical (unpaired) electrons. The van der Waals surface area contributed by atoms with E-state index in [4.69, 9.17) is 56.8 Å². The standard InChI is InChI=1S/2C21H34NO5S2.2C20H31NO5S2.2C2H6O3S/c2*1-7-21(4,16-20(2,3)18(23)26-13-12-25-6)19(24)27-14-15-28-29-17-10-8-9-11-22(17)5;2*1-6-20(4,15-19(2,3)17(22)25-12-11-24-5)18(23)26-13-14-27-28-16-9-7-8-10-21-16;2*1-5-6(2,3)4/h2*8-11H,7,12-16H2,1-6H3;2*7-10H,6,11-15H2,1-5H3;2*1-2H3/q2*+1;;;;. The fourth-order valence-corrected chi connectivity index (χ4v) is 18.4. The van der Waals surface area contributed by atoms with E-state index in [1.165, 1.54) is 0 Å². The summed E-state index contributed by atoms with van der Waals surface area (Å²) in [4.78, 5) is 109. The Bertz CT molecular complexity index is 3760. The summed E-state index contributed by atoms with van der Waals surface area (Å²) >= 11 is 0. The first-order valence-corrected chi connectivity index (χ1v) is 53.6. The van der Waals surface area contributed by atoms with Gasteiger partial charge in [-0.15, -0.1) is 0 Å². The molecular formula is C86H142N4O26S10+2. The van der Waals surface area contributed by atoms with E-state index in [0.29, 0.717) is 127 Å². The van der Waals surface area contributed by atoms with Crippen LogP contribution in [0.5, 0.6) is 0 Å². The van der Waals surface area contributed by atoms with Gasteiger partial charge in [0.1, 0.15) is 77.0 Å². The first kappa shape index (κ1) is 123. The highest BCUT2D eigenvalue weighted by atomic mass is 33.1. The number of esters is 8. The molecule has 0 saturated carbocycles. The molecule has 0 saturated heterocycles. The van der Waals surface area contributed by atoms with Gasteiger partial charge in [-0.1, -0.05) is 83.0 Å². The maximum atomic E-state index is 12.7. The minimum absolute atomic E-state index is 0.206. The number of nitrogens with zero attached hydrogens (tertiary/aromatic N) is 4. The maximum Gasteiger partial charge on any atom is 0.311 e. The number of rotatable bonds is 54. The zero-order chi connectivity index (χ0) is 96.3. The maximum absolute atomic E-state index is 12.7. The van der Waals surface area contributed by atoms with Crippen LogP contribution in [0, 0.1) is 43.3 Å². The van der Waals surface area contributed by atoms with Crippen LogP contribution >= 0.6 is 86.4 Å². The molecule has 0 aliphatic carbocycles. The molecule has 720 valence electrons. The van der Waals surface area contributed by atoms with Crippen LogP contribution in [-0.2, 0) is 138 Å². The van der Waals surface area contributed by atoms with Gasteiger partial charge in [-0.05, 0) is 192 Å². The van der Waals surface area contributed by atoms with Gasteiger partial charge in [0.15, 0.2) is 12.4 Å². The third-order valence-corrected chi connectivity index (χ3v) is 29.3. The predicted molar refractivity (Wildman–Crippen MR) is 503 cm³/mol. The minimum atomic E-state index is -3.16. The predicted octanol–water partition coefficient (Wildman–Crippen LogP) is 15.6. The van der Waals surface area contributed by atoms with Crippen LogP contribution in [0.1, 0.15) is 162 Å². The van der Waals surface area contributed by atoms with Crippen molar-refractivity contribution in [3.8, 4) is 0 Å². The highest BCUT2D eigenvalue weighted by molar-refractivity contribution is 8.77. The molecule has 0 aliphatic heterocycles. The number of aromatic nitrogens is 4. The zero-order valence-electron chi connectivity index (χ0n) is 78.7. The lowest BCUT2D eigenvalue weighted by molar-refractivity contribution is -0.708. The van der Waals surface area contributed by atoms with Gasteiger partial charge in [0.05, 0.1) is 96.5 Å². The summed E-state index contributed by atoms with van der Waals surface area (Å²) in [6.07, 6.45) is 13.3. The Balaban J connectivity index is 0. The van der Waals surface area contributed by atoms with Crippen molar-refractivity contribution in [2.24, 2.45) is 57.4 Å². The van der Waals surface area contributed by atoms with E-state index in [1.54, 1.807) is 183 Å². The van der Waals surface area contributed by atoms with Gasteiger partial charge in [0.25, 0.3) is 20.2 Å². The van der Waals surface area contributed by atoms with Crippen LogP contribution in [0.2, 0.25) is 0 Å². The summed E-state index contributed by atoms with van der Waals surface area (Å²) in [6.45, 7) is 33.0. The Morgan fingerprint density at radius 2 is 0.532 bits per heavy atom. The Hall–Kier alpha value is -5.18. The van der Waals surface area contributed by atoms with E-state index in [2.05, 4.69) is 18.3 Å². The molecule has 4 aromatic heterocycles. The summed E-state index contributed by atoms with van der Waals surface area (Å²) in [7, 11) is 19.0. The number of methoxy groups -OCH3 is 4. The van der Waals surface area contributed by atoms with E-state index in [0.717, 1.165) is 46.8 Å². The van der Waals surface area contributed by atoms with Crippen molar-refractivity contribution in [1.29, 1.82) is 0 Å². The van der Waals surface area contributed by atoms with Gasteiger partial charge in [0, 0.05) is 110 Å². The third-order valence-electron chi connectivity index (χ3n) is 18.8. The molecule has 126 heavy (non-hydrogen) atoms. The van der Waals surface area contributed by atoms with Gasteiger partial charge in [-0.3, -0.25) is 46.7 Å². The van der Waals surface area contributed by atoms with Gasteiger partial charge >= 0.3 is 47.8 Å². The molecule has 0 amide bonds. The number of hydrogen-bond acceptors (Lipinski definition) is 36. The van der Waals surface area contributed by atoms with Crippen LogP contribution in [0.4, 0.5) is 0 Å². The highest BCUT2D eigenvalue weighted by Gasteiger charge is 2.47. The van der Waals surface area contributed by atoms with Crippen molar-refractivity contribution in [2.45, 2.75) is 182 Å². The van der Waals surface area contributed by atoms with E-state index in [1.807, 2.05) is 164 Å². The second-order valence-electron chi connectivity index (χ2n) is 32.0. The zero-order valence-corrected chi connectivity index (χ0v) is 86.9. The molecule has 4 heterocycles. The summed E-state index contributed by atoms with van der Waals surface area (Å²) < 4.78 is 114. The molecule has 0 bridgehead atoms. The van der Waals surface area contributed by atoms with Gasteiger partial charge in [0.2, 0.25) is 10.1 Å². The van der Waals surface area contributed by atoms with Crippen molar-refractivity contribution in [1.82, 2.24) is 9.97 Å². The van der Waals surface area contributed by atoms with E-state index in [9.17, 15) is 55.2 Å². The molecular weight excluding hydrogens is 1830 g/mol. The second kappa shape index (κ2) is 65.4. The molecule has 4 atom stereocenters. The van der Waals surface area contributed by atoms with Crippen LogP contribution in [0.25, 0.3) is 0 Å². The average Bonchev–Trinajstić information content (AvgIpc) is 0.830. The normalized spacial score (nSPS) is 13.4. The number of ether oxygens (including phenoxy) is 12. The van der Waals surface area contributed by atoms with Crippen LogP contribution in [-0.4, -0.2) is 232 Å².